The molecule has 0 N–H and O–H groups in total. The molecule has 156 valence electrons. The van der Waals surface area contributed by atoms with Crippen LogP contribution in [0.3, 0.4) is 0 Å². The van der Waals surface area contributed by atoms with Crippen molar-refractivity contribution in [3.63, 3.8) is 0 Å². The van der Waals surface area contributed by atoms with Gasteiger partial charge in [0.05, 0.1) is 25.3 Å². The number of hydrogen-bond acceptors (Lipinski definition) is 4. The molecule has 0 aliphatic heterocycles. The predicted molar refractivity (Wildman–Crippen MR) is 109 cm³/mol. The number of esters is 2. The minimum absolute atomic E-state index is 0. The molecule has 0 bridgehead atoms. The molecule has 0 radical (unpaired) electrons. The van der Waals surface area contributed by atoms with E-state index in [2.05, 4.69) is 32.3 Å². The van der Waals surface area contributed by atoms with E-state index in [4.69, 9.17) is 0 Å². The number of carbonyl (C=O) groups excluding carboxylic acids is 2. The number of rotatable bonds is 3. The number of hydrogen-bond donors (Lipinski definition) is 0. The van der Waals surface area contributed by atoms with E-state index >= 15 is 0 Å². The monoisotopic (exact) mass is 546 g/mol. The van der Waals surface area contributed by atoms with E-state index in [9.17, 15) is 18.4 Å². The molecule has 29 heavy (non-hydrogen) atoms. The molecule has 2 rings (SSSR count). The van der Waals surface area contributed by atoms with Crippen molar-refractivity contribution in [1.82, 2.24) is 0 Å². The number of aryl methyl sites for hydroxylation is 1. The SMILES string of the molecule is CCc1cc(F)ccc1C(=O)OC.COC(=O)c1ccc(F)cc1Br.[Br-].[CH2-]C.[Mg+2]. The van der Waals surface area contributed by atoms with Crippen molar-refractivity contribution in [3.05, 3.63) is 76.1 Å². The first kappa shape index (κ1) is 32.6. The van der Waals surface area contributed by atoms with Crippen LogP contribution in [0.15, 0.2) is 40.9 Å². The summed E-state index contributed by atoms with van der Waals surface area (Å²) in [5.41, 5.74) is 1.43. The topological polar surface area (TPSA) is 52.6 Å². The van der Waals surface area contributed by atoms with Gasteiger partial charge in [0.2, 0.25) is 0 Å². The maximum atomic E-state index is 12.7. The van der Waals surface area contributed by atoms with Crippen LogP contribution >= 0.6 is 15.9 Å². The normalized spacial score (nSPS) is 8.55. The van der Waals surface area contributed by atoms with Gasteiger partial charge in [-0.3, -0.25) is 0 Å². The van der Waals surface area contributed by atoms with Gasteiger partial charge in [0, 0.05) is 4.47 Å². The Bertz CT molecular complexity index is 774. The molecule has 2 aromatic carbocycles. The van der Waals surface area contributed by atoms with Crippen molar-refractivity contribution in [2.45, 2.75) is 20.3 Å². The summed E-state index contributed by atoms with van der Waals surface area (Å²) in [6, 6.07) is 7.84. The average molecular weight is 549 g/mol. The molecular formula is C20H22Br2F2MgO4. The van der Waals surface area contributed by atoms with Crippen LogP contribution in [0.4, 0.5) is 8.78 Å². The zero-order valence-electron chi connectivity index (χ0n) is 16.7. The van der Waals surface area contributed by atoms with E-state index in [1.165, 1.54) is 50.6 Å². The van der Waals surface area contributed by atoms with E-state index in [0.29, 0.717) is 27.6 Å². The smallest absolute Gasteiger partial charge is 1.00 e. The summed E-state index contributed by atoms with van der Waals surface area (Å²) in [5.74, 6) is -1.63. The number of benzene rings is 2. The molecule has 9 heteroatoms. The van der Waals surface area contributed by atoms with Crippen molar-refractivity contribution >= 4 is 50.9 Å². The third-order valence-electron chi connectivity index (χ3n) is 3.19. The van der Waals surface area contributed by atoms with Crippen LogP contribution in [0.2, 0.25) is 0 Å². The fourth-order valence-electron chi connectivity index (χ4n) is 1.93. The van der Waals surface area contributed by atoms with E-state index in [1.54, 1.807) is 6.92 Å². The minimum atomic E-state index is -0.484. The maximum Gasteiger partial charge on any atom is 2.00 e. The summed E-state index contributed by atoms with van der Waals surface area (Å²) in [7, 11) is 2.59. The standard InChI is InChI=1S/C10H11FO2.C8H6BrFO2.C2H5.BrH.Mg/c1-3-7-6-8(11)4-5-9(7)10(12)13-2;1-12-8(11)6-3-2-5(10)4-7(6)9;1-2;;/h4-6H,3H2,1-2H3;2-4H,1H3;1H2,2H3;1H;/q;;-1;;+2/p-1. The fourth-order valence-corrected chi connectivity index (χ4v) is 2.44. The second-order valence-corrected chi connectivity index (χ2v) is 5.62. The first-order chi connectivity index (χ1) is 12.8. The third-order valence-corrected chi connectivity index (χ3v) is 3.85. The molecule has 0 amide bonds. The zero-order chi connectivity index (χ0) is 21.0. The Morgan fingerprint density at radius 2 is 1.34 bits per heavy atom. The number of halogens is 4. The first-order valence-corrected chi connectivity index (χ1v) is 8.74. The molecule has 0 saturated heterocycles. The van der Waals surface area contributed by atoms with Gasteiger partial charge in [-0.25, -0.2) is 18.4 Å². The Morgan fingerprint density at radius 1 is 0.931 bits per heavy atom. The predicted octanol–water partition coefficient (Wildman–Crippen LogP) is 2.01. The summed E-state index contributed by atoms with van der Waals surface area (Å²) in [4.78, 5) is 22.1. The van der Waals surface area contributed by atoms with Crippen molar-refractivity contribution in [3.8, 4) is 0 Å². The van der Waals surface area contributed by atoms with Gasteiger partial charge in [0.25, 0.3) is 0 Å². The average Bonchev–Trinajstić information content (AvgIpc) is 2.68. The van der Waals surface area contributed by atoms with Gasteiger partial charge in [-0.2, -0.15) is 6.92 Å². The summed E-state index contributed by atoms with van der Waals surface area (Å²) < 4.78 is 34.7. The summed E-state index contributed by atoms with van der Waals surface area (Å²) in [6.07, 6.45) is 0.613. The van der Waals surface area contributed by atoms with Gasteiger partial charge in [-0.15, -0.1) is 0 Å². The second kappa shape index (κ2) is 17.8. The van der Waals surface area contributed by atoms with Crippen molar-refractivity contribution in [2.24, 2.45) is 0 Å². The summed E-state index contributed by atoms with van der Waals surface area (Å²) in [6.45, 7) is 6.86. The first-order valence-electron chi connectivity index (χ1n) is 7.94. The van der Waals surface area contributed by atoms with E-state index in [-0.39, 0.29) is 45.9 Å². The van der Waals surface area contributed by atoms with Gasteiger partial charge < -0.3 is 33.4 Å². The van der Waals surface area contributed by atoms with Gasteiger partial charge in [0.15, 0.2) is 0 Å². The summed E-state index contributed by atoms with van der Waals surface area (Å²) in [5, 5.41) is 0. The quantitative estimate of drug-likeness (QED) is 0.335. The zero-order valence-corrected chi connectivity index (χ0v) is 21.3. The Labute approximate surface area is 205 Å². The molecule has 0 aliphatic carbocycles. The Morgan fingerprint density at radius 3 is 1.76 bits per heavy atom. The van der Waals surface area contributed by atoms with Crippen LogP contribution in [0.25, 0.3) is 0 Å². The van der Waals surface area contributed by atoms with Gasteiger partial charge in [0.1, 0.15) is 11.6 Å². The van der Waals surface area contributed by atoms with Crippen LogP contribution in [0, 0.1) is 18.6 Å². The number of methoxy groups -OCH3 is 2. The minimum Gasteiger partial charge on any atom is -1.00 e. The Hall–Kier alpha value is -1.03. The molecule has 0 atom stereocenters. The van der Waals surface area contributed by atoms with Crippen molar-refractivity contribution < 1.29 is 44.8 Å². The van der Waals surface area contributed by atoms with Crippen molar-refractivity contribution in [2.75, 3.05) is 14.2 Å². The second-order valence-electron chi connectivity index (χ2n) is 4.76. The molecule has 2 aromatic rings. The molecule has 0 heterocycles. The van der Waals surface area contributed by atoms with Crippen LogP contribution < -0.4 is 17.0 Å². The van der Waals surface area contributed by atoms with Crippen LogP contribution in [-0.2, 0) is 15.9 Å². The van der Waals surface area contributed by atoms with E-state index in [0.717, 1.165) is 0 Å². The molecule has 0 aliphatic rings. The molecule has 0 spiro atoms. The number of carbonyl (C=O) groups is 2. The Balaban J connectivity index is -0.000000404. The summed E-state index contributed by atoms with van der Waals surface area (Å²) >= 11 is 3.05. The molecule has 0 fully saturated rings. The van der Waals surface area contributed by atoms with Gasteiger partial charge in [-0.1, -0.05) is 6.92 Å². The maximum absolute atomic E-state index is 12.7. The van der Waals surface area contributed by atoms with Gasteiger partial charge in [-0.05, 0) is 64.3 Å². The van der Waals surface area contributed by atoms with Crippen LogP contribution in [0.1, 0.15) is 40.1 Å². The molecule has 0 aromatic heterocycles. The molecule has 0 saturated carbocycles. The third kappa shape index (κ3) is 11.1. The fraction of sp³-hybridized carbons (Fsp3) is 0.250. The van der Waals surface area contributed by atoms with Gasteiger partial charge >= 0.3 is 35.0 Å². The van der Waals surface area contributed by atoms with E-state index in [1.807, 2.05) is 6.92 Å². The Kier molecular flexibility index (Phi) is 20.0. The van der Waals surface area contributed by atoms with Crippen molar-refractivity contribution in [1.29, 1.82) is 0 Å². The molecule has 4 nitrogen and oxygen atoms in total. The number of ether oxygens (including phenoxy) is 2. The molecular weight excluding hydrogens is 526 g/mol. The van der Waals surface area contributed by atoms with Crippen LogP contribution in [0.5, 0.6) is 0 Å². The van der Waals surface area contributed by atoms with E-state index < -0.39 is 17.8 Å². The largest absolute Gasteiger partial charge is 2.00 e. The van der Waals surface area contributed by atoms with Crippen LogP contribution in [-0.4, -0.2) is 49.2 Å². The molecule has 0 unspecified atom stereocenters.